The Bertz CT molecular complexity index is 1680. The lowest BCUT2D eigenvalue weighted by molar-refractivity contribution is -0.720. The van der Waals surface area contributed by atoms with E-state index in [0.29, 0.717) is 12.0 Å². The molecule has 0 aliphatic carbocycles. The molecule has 0 radical (unpaired) electrons. The van der Waals surface area contributed by atoms with Gasteiger partial charge in [0.05, 0.1) is 12.0 Å². The van der Waals surface area contributed by atoms with Crippen molar-refractivity contribution in [3.8, 4) is 33.6 Å². The Labute approximate surface area is 225 Å². The van der Waals surface area contributed by atoms with E-state index in [9.17, 15) is 0 Å². The van der Waals surface area contributed by atoms with Gasteiger partial charge in [0.2, 0.25) is 11.4 Å². The molecule has 2 atom stereocenters. The Morgan fingerprint density at radius 3 is 2.42 bits per heavy atom. The summed E-state index contributed by atoms with van der Waals surface area (Å²) in [6.45, 7) is 6.87. The third-order valence-corrected chi connectivity index (χ3v) is 8.46. The average molecular weight is 493 g/mol. The summed E-state index contributed by atoms with van der Waals surface area (Å²) in [5, 5.41) is 0. The highest BCUT2D eigenvalue weighted by Crippen LogP contribution is 2.44. The van der Waals surface area contributed by atoms with E-state index in [0.717, 1.165) is 25.0 Å². The third-order valence-electron chi connectivity index (χ3n) is 8.46. The molecule has 0 saturated heterocycles. The number of hydrogen-bond donors (Lipinski definition) is 0. The van der Waals surface area contributed by atoms with Gasteiger partial charge in [-0.2, -0.15) is 9.13 Å². The normalized spacial score (nSPS) is 17.9. The van der Waals surface area contributed by atoms with Gasteiger partial charge < -0.3 is 0 Å². The Morgan fingerprint density at radius 2 is 1.53 bits per heavy atom. The van der Waals surface area contributed by atoms with Crippen LogP contribution in [0.15, 0.2) is 122 Å². The van der Waals surface area contributed by atoms with Crippen LogP contribution < -0.4 is 9.13 Å². The number of hydrogen-bond acceptors (Lipinski definition) is 0. The molecule has 2 nitrogen and oxygen atoms in total. The highest BCUT2D eigenvalue weighted by molar-refractivity contribution is 5.74. The van der Waals surface area contributed by atoms with Crippen LogP contribution in [0.3, 0.4) is 0 Å². The van der Waals surface area contributed by atoms with Crippen molar-refractivity contribution in [3.05, 3.63) is 139 Å². The van der Waals surface area contributed by atoms with Crippen molar-refractivity contribution in [1.29, 1.82) is 0 Å². The monoisotopic (exact) mass is 492 g/mol. The molecule has 0 spiro atoms. The van der Waals surface area contributed by atoms with E-state index in [2.05, 4.69) is 138 Å². The molecule has 5 aromatic rings. The molecule has 3 aromatic carbocycles. The van der Waals surface area contributed by atoms with Crippen molar-refractivity contribution < 1.29 is 9.13 Å². The zero-order chi connectivity index (χ0) is 25.6. The highest BCUT2D eigenvalue weighted by Gasteiger charge is 2.42. The first-order valence-corrected chi connectivity index (χ1v) is 13.7. The Hall–Kier alpha value is -4.30. The first kappa shape index (κ1) is 22.9. The van der Waals surface area contributed by atoms with E-state index in [-0.39, 0.29) is 0 Å². The van der Waals surface area contributed by atoms with E-state index in [1.165, 1.54) is 50.3 Å². The van der Waals surface area contributed by atoms with Crippen LogP contribution in [0.5, 0.6) is 0 Å². The summed E-state index contributed by atoms with van der Waals surface area (Å²) in [5.41, 5.74) is 13.0. The smallest absolute Gasteiger partial charge is 0.194 e. The van der Waals surface area contributed by atoms with Crippen LogP contribution in [0, 0.1) is 6.92 Å². The lowest BCUT2D eigenvalue weighted by atomic mass is 9.77. The molecule has 4 heterocycles. The lowest BCUT2D eigenvalue weighted by Crippen LogP contribution is -2.49. The van der Waals surface area contributed by atoms with Crippen molar-refractivity contribution in [1.82, 2.24) is 0 Å². The molecule has 0 bridgehead atoms. The topological polar surface area (TPSA) is 7.76 Å². The van der Waals surface area contributed by atoms with Gasteiger partial charge in [0.1, 0.15) is 0 Å². The van der Waals surface area contributed by atoms with Gasteiger partial charge in [-0.05, 0) is 72.4 Å². The van der Waals surface area contributed by atoms with Gasteiger partial charge in [0.15, 0.2) is 24.1 Å². The Morgan fingerprint density at radius 1 is 0.711 bits per heavy atom. The first-order chi connectivity index (χ1) is 18.7. The standard InChI is InChI=1S/C36H32N2/c1-25-19-21-37-26(2)23-36-32(30-12-6-7-13-31(30)34-14-8-9-20-38(34)36)18-17-28-15-16-29(24-33(28)35(37)22-25)27-10-4-3-5-11-27/h3-16,19-22,24,32,36H,2,17-18,23H2,1H3/q+2. The van der Waals surface area contributed by atoms with E-state index < -0.39 is 0 Å². The third kappa shape index (κ3) is 3.80. The van der Waals surface area contributed by atoms with Crippen LogP contribution in [0.1, 0.15) is 41.5 Å². The predicted octanol–water partition coefficient (Wildman–Crippen LogP) is 7.72. The second-order valence-corrected chi connectivity index (χ2v) is 10.8. The van der Waals surface area contributed by atoms with Gasteiger partial charge in [0, 0.05) is 35.7 Å². The quantitative estimate of drug-likeness (QED) is 0.212. The minimum Gasteiger partial charge on any atom is -0.194 e. The summed E-state index contributed by atoms with van der Waals surface area (Å²) in [5.74, 6) is 0.414. The number of aryl methyl sites for hydroxylation is 2. The van der Waals surface area contributed by atoms with Crippen LogP contribution in [-0.2, 0) is 6.42 Å². The van der Waals surface area contributed by atoms with Crippen LogP contribution >= 0.6 is 0 Å². The number of pyridine rings is 2. The maximum absolute atomic E-state index is 4.68. The first-order valence-electron chi connectivity index (χ1n) is 13.7. The van der Waals surface area contributed by atoms with Crippen molar-refractivity contribution in [2.24, 2.45) is 0 Å². The van der Waals surface area contributed by atoms with Gasteiger partial charge in [-0.25, -0.2) is 0 Å². The van der Waals surface area contributed by atoms with E-state index in [1.54, 1.807) is 0 Å². The molecule has 2 aliphatic rings. The van der Waals surface area contributed by atoms with Crippen molar-refractivity contribution in [2.75, 3.05) is 0 Å². The summed E-state index contributed by atoms with van der Waals surface area (Å²) in [7, 11) is 0. The molecule has 38 heavy (non-hydrogen) atoms. The van der Waals surface area contributed by atoms with Gasteiger partial charge >= 0.3 is 0 Å². The number of aromatic nitrogens is 2. The molecule has 0 N–H and O–H groups in total. The zero-order valence-corrected chi connectivity index (χ0v) is 21.8. The summed E-state index contributed by atoms with van der Waals surface area (Å²) in [6.07, 6.45) is 7.51. The molecular formula is C36H32N2+2. The molecule has 2 aromatic heterocycles. The summed E-state index contributed by atoms with van der Waals surface area (Å²) in [6, 6.07) is 38.2. The zero-order valence-electron chi connectivity index (χ0n) is 21.8. The van der Waals surface area contributed by atoms with Gasteiger partial charge in [0.25, 0.3) is 0 Å². The summed E-state index contributed by atoms with van der Waals surface area (Å²) in [4.78, 5) is 0. The minimum absolute atomic E-state index is 0.320. The van der Waals surface area contributed by atoms with Crippen LogP contribution in [0.4, 0.5) is 0 Å². The van der Waals surface area contributed by atoms with Gasteiger partial charge in [-0.1, -0.05) is 60.7 Å². The number of fused-ring (bicyclic) bond motifs is 9. The summed E-state index contributed by atoms with van der Waals surface area (Å²) >= 11 is 0. The summed E-state index contributed by atoms with van der Waals surface area (Å²) < 4.78 is 4.85. The molecule has 2 unspecified atom stereocenters. The highest BCUT2D eigenvalue weighted by atomic mass is 15.0. The minimum atomic E-state index is 0.320. The lowest BCUT2D eigenvalue weighted by Gasteiger charge is -2.31. The molecule has 7 rings (SSSR count). The van der Waals surface area contributed by atoms with E-state index in [1.807, 2.05) is 0 Å². The Balaban J connectivity index is 1.42. The fourth-order valence-corrected chi connectivity index (χ4v) is 6.60. The second kappa shape index (κ2) is 9.22. The second-order valence-electron chi connectivity index (χ2n) is 10.8. The molecule has 0 amide bonds. The molecule has 2 aliphatic heterocycles. The maximum Gasteiger partial charge on any atom is 0.218 e. The molecule has 2 heteroatoms. The van der Waals surface area contributed by atoms with Crippen LogP contribution in [-0.4, -0.2) is 0 Å². The Kier molecular flexibility index (Phi) is 5.55. The molecular weight excluding hydrogens is 460 g/mol. The van der Waals surface area contributed by atoms with E-state index >= 15 is 0 Å². The maximum atomic E-state index is 4.68. The average Bonchev–Trinajstić information content (AvgIpc) is 2.97. The molecule has 184 valence electrons. The number of allylic oxidation sites excluding steroid dienone is 1. The van der Waals surface area contributed by atoms with Crippen LogP contribution in [0.2, 0.25) is 0 Å². The predicted molar refractivity (Wildman–Crippen MR) is 154 cm³/mol. The van der Waals surface area contributed by atoms with Gasteiger partial charge in [-0.15, -0.1) is 0 Å². The van der Waals surface area contributed by atoms with Crippen molar-refractivity contribution >= 4 is 5.70 Å². The fraction of sp³-hybridized carbons (Fsp3) is 0.167. The van der Waals surface area contributed by atoms with Crippen LogP contribution in [0.25, 0.3) is 39.3 Å². The number of nitrogens with zero attached hydrogens (tertiary/aromatic N) is 2. The van der Waals surface area contributed by atoms with E-state index in [4.69, 9.17) is 0 Å². The largest absolute Gasteiger partial charge is 0.218 e. The van der Waals surface area contributed by atoms with Gasteiger partial charge in [-0.3, -0.25) is 0 Å². The molecule has 0 fully saturated rings. The molecule has 0 saturated carbocycles. The number of rotatable bonds is 1. The SMILES string of the molecule is C=C1CC2C(CCc3ccc(-c4ccccc4)cc3-c3cc(C)cc[n+]31)c1ccccc1-c1cccc[n+]12. The van der Waals surface area contributed by atoms with Crippen molar-refractivity contribution in [3.63, 3.8) is 0 Å². The number of benzene rings is 3. The van der Waals surface area contributed by atoms with Crippen molar-refractivity contribution in [2.45, 2.75) is 38.1 Å². The fourth-order valence-electron chi connectivity index (χ4n) is 6.60.